The second-order valence-electron chi connectivity index (χ2n) is 4.37. The van der Waals surface area contributed by atoms with Gasteiger partial charge < -0.3 is 15.5 Å². The first-order chi connectivity index (χ1) is 8.60. The Balaban J connectivity index is 2.58. The molecule has 0 bridgehead atoms. The Morgan fingerprint density at radius 3 is 2.83 bits per heavy atom. The molecule has 5 heteroatoms. The molecule has 1 aromatic heterocycles. The van der Waals surface area contributed by atoms with Gasteiger partial charge in [0.2, 0.25) is 0 Å². The molecule has 0 aliphatic rings. The number of rotatable bonds is 7. The van der Waals surface area contributed by atoms with E-state index >= 15 is 0 Å². The van der Waals surface area contributed by atoms with Gasteiger partial charge >= 0.3 is 0 Å². The minimum Gasteiger partial charge on any atom is -0.506 e. The van der Waals surface area contributed by atoms with E-state index in [9.17, 15) is 10.2 Å². The van der Waals surface area contributed by atoms with Crippen molar-refractivity contribution in [3.63, 3.8) is 0 Å². The van der Waals surface area contributed by atoms with E-state index in [1.54, 1.807) is 13.1 Å². The van der Waals surface area contributed by atoms with Gasteiger partial charge in [0.1, 0.15) is 5.75 Å². The van der Waals surface area contributed by atoms with E-state index in [4.69, 9.17) is 0 Å². The third-order valence-corrected chi connectivity index (χ3v) is 4.07. The Morgan fingerprint density at radius 1 is 1.50 bits per heavy atom. The van der Waals surface area contributed by atoms with Gasteiger partial charge in [-0.3, -0.25) is 4.98 Å². The normalized spacial score (nSPS) is 12.7. The average molecular weight is 270 g/mol. The van der Waals surface area contributed by atoms with Crippen LogP contribution in [0.4, 0.5) is 0 Å². The van der Waals surface area contributed by atoms with Crippen LogP contribution < -0.4 is 5.32 Å². The summed E-state index contributed by atoms with van der Waals surface area (Å²) >= 11 is 1.84. The highest BCUT2D eigenvalue weighted by Crippen LogP contribution is 2.23. The Kier molecular flexibility index (Phi) is 6.46. The van der Waals surface area contributed by atoms with Gasteiger partial charge in [0.15, 0.2) is 0 Å². The van der Waals surface area contributed by atoms with Crippen molar-refractivity contribution in [1.82, 2.24) is 10.3 Å². The Morgan fingerprint density at radius 2 is 2.22 bits per heavy atom. The molecular weight excluding hydrogens is 248 g/mol. The quantitative estimate of drug-likeness (QED) is 0.660. The molecule has 18 heavy (non-hydrogen) atoms. The molecule has 0 aliphatic carbocycles. The zero-order chi connectivity index (χ0) is 13.5. The van der Waals surface area contributed by atoms with Crippen molar-refractivity contribution < 1.29 is 10.2 Å². The van der Waals surface area contributed by atoms with Crippen LogP contribution in [0, 0.1) is 6.92 Å². The fraction of sp³-hybridized carbons (Fsp3) is 0.615. The fourth-order valence-corrected chi connectivity index (χ4v) is 2.01. The molecule has 0 amide bonds. The summed E-state index contributed by atoms with van der Waals surface area (Å²) in [4.78, 5) is 4.04. The lowest BCUT2D eigenvalue weighted by molar-refractivity contribution is 0.278. The molecule has 102 valence electrons. The molecule has 1 heterocycles. The zero-order valence-corrected chi connectivity index (χ0v) is 12.0. The highest BCUT2D eigenvalue weighted by Gasteiger charge is 2.10. The number of aliphatic hydroxyl groups is 1. The van der Waals surface area contributed by atoms with E-state index in [2.05, 4.69) is 23.5 Å². The van der Waals surface area contributed by atoms with Gasteiger partial charge in [-0.05, 0) is 26.1 Å². The molecule has 0 saturated heterocycles. The summed E-state index contributed by atoms with van der Waals surface area (Å²) in [5.74, 6) is 0.187. The van der Waals surface area contributed by atoms with Crippen LogP contribution in [0.2, 0.25) is 0 Å². The fourth-order valence-electron chi connectivity index (χ4n) is 1.65. The lowest BCUT2D eigenvalue weighted by Gasteiger charge is -2.13. The minimum absolute atomic E-state index is 0.0981. The van der Waals surface area contributed by atoms with Crippen molar-refractivity contribution in [3.8, 4) is 5.75 Å². The van der Waals surface area contributed by atoms with E-state index in [0.29, 0.717) is 23.1 Å². The Hall–Kier alpha value is -0.780. The van der Waals surface area contributed by atoms with Crippen LogP contribution in [0.3, 0.4) is 0 Å². The second-order valence-corrected chi connectivity index (χ2v) is 5.64. The molecule has 1 unspecified atom stereocenters. The summed E-state index contributed by atoms with van der Waals surface area (Å²) in [5, 5.41) is 23.1. The van der Waals surface area contributed by atoms with E-state index < -0.39 is 0 Å². The number of nitrogens with one attached hydrogen (secondary N) is 1. The number of nitrogens with zero attached hydrogens (tertiary/aromatic N) is 1. The third kappa shape index (κ3) is 4.15. The molecule has 0 radical (unpaired) electrons. The van der Waals surface area contributed by atoms with Gasteiger partial charge in [-0.15, -0.1) is 0 Å². The molecule has 0 aromatic carbocycles. The van der Waals surface area contributed by atoms with Gasteiger partial charge in [0.25, 0.3) is 0 Å². The van der Waals surface area contributed by atoms with E-state index in [0.717, 1.165) is 18.5 Å². The standard InChI is InChI=1S/C13H22N2O2S/c1-9(18-3)4-5-14-7-12-11(8-16)6-15-10(2)13(12)17/h6,9,14,16-17H,4-5,7-8H2,1-3H3. The predicted octanol–water partition coefficient (Wildman–Crippen LogP) is 1.82. The largest absolute Gasteiger partial charge is 0.506 e. The van der Waals surface area contributed by atoms with Crippen molar-refractivity contribution in [2.24, 2.45) is 0 Å². The molecule has 0 spiro atoms. The van der Waals surface area contributed by atoms with Gasteiger partial charge in [0, 0.05) is 29.1 Å². The first kappa shape index (κ1) is 15.3. The Bertz CT molecular complexity index is 385. The van der Waals surface area contributed by atoms with Gasteiger partial charge in [-0.2, -0.15) is 11.8 Å². The van der Waals surface area contributed by atoms with Gasteiger partial charge in [0.05, 0.1) is 12.3 Å². The smallest absolute Gasteiger partial charge is 0.141 e. The maximum atomic E-state index is 9.95. The van der Waals surface area contributed by atoms with Crippen LogP contribution in [0.1, 0.15) is 30.2 Å². The first-order valence-electron chi connectivity index (χ1n) is 6.10. The van der Waals surface area contributed by atoms with Gasteiger partial charge in [-0.1, -0.05) is 6.92 Å². The van der Waals surface area contributed by atoms with Crippen molar-refractivity contribution in [2.45, 2.75) is 38.7 Å². The maximum Gasteiger partial charge on any atom is 0.141 e. The Labute approximate surface area is 113 Å². The van der Waals surface area contributed by atoms with Crippen LogP contribution in [0.15, 0.2) is 6.20 Å². The molecule has 4 nitrogen and oxygen atoms in total. The van der Waals surface area contributed by atoms with E-state index in [1.807, 2.05) is 11.8 Å². The summed E-state index contributed by atoms with van der Waals surface area (Å²) in [6.07, 6.45) is 4.81. The molecule has 0 aliphatic heterocycles. The van der Waals surface area contributed by atoms with Crippen molar-refractivity contribution in [3.05, 3.63) is 23.0 Å². The monoisotopic (exact) mass is 270 g/mol. The van der Waals surface area contributed by atoms with Gasteiger partial charge in [-0.25, -0.2) is 0 Å². The number of hydrogen-bond donors (Lipinski definition) is 3. The van der Waals surface area contributed by atoms with Crippen molar-refractivity contribution in [2.75, 3.05) is 12.8 Å². The lowest BCUT2D eigenvalue weighted by Crippen LogP contribution is -2.19. The summed E-state index contributed by atoms with van der Waals surface area (Å²) in [6.45, 7) is 5.31. The van der Waals surface area contributed by atoms with Crippen LogP contribution in [-0.2, 0) is 13.2 Å². The number of hydrogen-bond acceptors (Lipinski definition) is 5. The van der Waals surface area contributed by atoms with Crippen molar-refractivity contribution >= 4 is 11.8 Å². The maximum absolute atomic E-state index is 9.95. The minimum atomic E-state index is -0.0981. The molecular formula is C13H22N2O2S. The van der Waals surface area contributed by atoms with E-state index in [1.165, 1.54) is 0 Å². The number of aryl methyl sites for hydroxylation is 1. The SMILES string of the molecule is CSC(C)CCNCc1c(CO)cnc(C)c1O. The molecule has 0 fully saturated rings. The number of aromatic hydroxyl groups is 1. The summed E-state index contributed by atoms with van der Waals surface area (Å²) in [6, 6.07) is 0. The van der Waals surface area contributed by atoms with E-state index in [-0.39, 0.29) is 12.4 Å². The topological polar surface area (TPSA) is 65.4 Å². The van der Waals surface area contributed by atoms with Crippen molar-refractivity contribution in [1.29, 1.82) is 0 Å². The average Bonchev–Trinajstić information content (AvgIpc) is 2.38. The first-order valence-corrected chi connectivity index (χ1v) is 7.39. The third-order valence-electron chi connectivity index (χ3n) is 3.03. The molecule has 3 N–H and O–H groups in total. The zero-order valence-electron chi connectivity index (χ0n) is 11.2. The number of pyridine rings is 1. The van der Waals surface area contributed by atoms with Crippen LogP contribution in [0.5, 0.6) is 5.75 Å². The summed E-state index contributed by atoms with van der Waals surface area (Å²) in [5.41, 5.74) is 2.03. The van der Waals surface area contributed by atoms with Crippen LogP contribution in [-0.4, -0.2) is 33.2 Å². The molecule has 0 saturated carbocycles. The second kappa shape index (κ2) is 7.61. The highest BCUT2D eigenvalue weighted by atomic mass is 32.2. The number of aliphatic hydroxyl groups excluding tert-OH is 1. The molecule has 1 aromatic rings. The molecule has 1 rings (SSSR count). The molecule has 1 atom stereocenters. The number of aromatic nitrogens is 1. The van der Waals surface area contributed by atoms with Crippen LogP contribution >= 0.6 is 11.8 Å². The summed E-state index contributed by atoms with van der Waals surface area (Å²) in [7, 11) is 0. The number of thioether (sulfide) groups is 1. The predicted molar refractivity (Wildman–Crippen MR) is 75.9 cm³/mol. The highest BCUT2D eigenvalue weighted by molar-refractivity contribution is 7.99. The summed E-state index contributed by atoms with van der Waals surface area (Å²) < 4.78 is 0. The lowest BCUT2D eigenvalue weighted by atomic mass is 10.1. The van der Waals surface area contributed by atoms with Crippen LogP contribution in [0.25, 0.3) is 0 Å².